The van der Waals surface area contributed by atoms with Gasteiger partial charge in [0.15, 0.2) is 0 Å². The van der Waals surface area contributed by atoms with Crippen LogP contribution in [0.5, 0.6) is 5.88 Å². The molecule has 2 rings (SSSR count). The molecule has 1 N–H and O–H groups in total. The number of hydrogen-bond donors (Lipinski definition) is 1. The van der Waals surface area contributed by atoms with Gasteiger partial charge in [-0.05, 0) is 13.2 Å². The van der Waals surface area contributed by atoms with Gasteiger partial charge in [0.1, 0.15) is 0 Å². The van der Waals surface area contributed by atoms with Crippen LogP contribution in [0.25, 0.3) is 5.78 Å². The van der Waals surface area contributed by atoms with Crippen molar-refractivity contribution in [1.29, 1.82) is 0 Å². The van der Waals surface area contributed by atoms with Gasteiger partial charge in [-0.25, -0.2) is 4.98 Å². The second-order valence-corrected chi connectivity index (χ2v) is 3.34. The average molecular weight is 220 g/mol. The standard InChI is InChI=1S/C7H8N4OS.Na.H/c1-4-3-5(12)11-6(8-4)9-7(10-11)13-2;;/h3,12H,1-2H3;;. The first-order chi connectivity index (χ1) is 6.20. The van der Waals surface area contributed by atoms with Crippen LogP contribution in [0.1, 0.15) is 5.69 Å². The number of fused-ring (bicyclic) bond motifs is 1. The first-order valence-corrected chi connectivity index (χ1v) is 4.90. The molecule has 0 radical (unpaired) electrons. The normalized spacial score (nSPS) is 10.1. The summed E-state index contributed by atoms with van der Waals surface area (Å²) in [6.45, 7) is 1.80. The molecule has 2 heterocycles. The summed E-state index contributed by atoms with van der Waals surface area (Å²) in [5.41, 5.74) is 0.727. The van der Waals surface area contributed by atoms with Gasteiger partial charge in [-0.15, -0.1) is 5.10 Å². The van der Waals surface area contributed by atoms with Gasteiger partial charge in [-0.3, -0.25) is 0 Å². The van der Waals surface area contributed by atoms with E-state index in [1.54, 1.807) is 13.0 Å². The molecule has 2 aromatic rings. The Labute approximate surface area is 107 Å². The molecule has 7 heteroatoms. The van der Waals surface area contributed by atoms with E-state index in [-0.39, 0.29) is 35.4 Å². The van der Waals surface area contributed by atoms with E-state index < -0.39 is 0 Å². The molecule has 0 aliphatic carbocycles. The first-order valence-electron chi connectivity index (χ1n) is 3.68. The summed E-state index contributed by atoms with van der Waals surface area (Å²) < 4.78 is 1.32. The van der Waals surface area contributed by atoms with E-state index >= 15 is 0 Å². The second-order valence-electron chi connectivity index (χ2n) is 2.57. The molecule has 70 valence electrons. The number of aromatic hydroxyl groups is 1. The SMILES string of the molecule is CSc1nc2nc(C)cc(O)n2n1.[NaH]. The molecular formula is C7H9N4NaOS. The van der Waals surface area contributed by atoms with Crippen molar-refractivity contribution in [3.63, 3.8) is 0 Å². The van der Waals surface area contributed by atoms with Gasteiger partial charge in [0.25, 0.3) is 5.78 Å². The Hall–Kier alpha value is -0.300. The van der Waals surface area contributed by atoms with E-state index in [2.05, 4.69) is 15.1 Å². The molecule has 0 unspecified atom stereocenters. The van der Waals surface area contributed by atoms with Gasteiger partial charge in [0.2, 0.25) is 11.0 Å². The molecule has 0 aliphatic rings. The summed E-state index contributed by atoms with van der Waals surface area (Å²) in [6, 6.07) is 1.55. The third-order valence-corrected chi connectivity index (χ3v) is 2.12. The van der Waals surface area contributed by atoms with Crippen molar-refractivity contribution in [3.8, 4) is 5.88 Å². The maximum absolute atomic E-state index is 9.47. The Kier molecular flexibility index (Phi) is 3.77. The average Bonchev–Trinajstić information content (AvgIpc) is 2.47. The third-order valence-electron chi connectivity index (χ3n) is 1.58. The Morgan fingerprint density at radius 1 is 1.43 bits per heavy atom. The zero-order valence-electron chi connectivity index (χ0n) is 7.22. The summed E-state index contributed by atoms with van der Waals surface area (Å²) in [7, 11) is 0. The summed E-state index contributed by atoms with van der Waals surface area (Å²) in [4.78, 5) is 8.22. The van der Waals surface area contributed by atoms with Crippen LogP contribution < -0.4 is 0 Å². The molecule has 0 aliphatic heterocycles. The van der Waals surface area contributed by atoms with Crippen LogP contribution in [0.4, 0.5) is 0 Å². The topological polar surface area (TPSA) is 63.3 Å². The van der Waals surface area contributed by atoms with E-state index in [0.717, 1.165) is 5.69 Å². The van der Waals surface area contributed by atoms with Crippen molar-refractivity contribution in [1.82, 2.24) is 19.6 Å². The molecule has 14 heavy (non-hydrogen) atoms. The van der Waals surface area contributed by atoms with E-state index in [0.29, 0.717) is 10.9 Å². The number of aryl methyl sites for hydroxylation is 1. The molecule has 0 amide bonds. The van der Waals surface area contributed by atoms with E-state index in [1.165, 1.54) is 16.3 Å². The zero-order chi connectivity index (χ0) is 9.42. The van der Waals surface area contributed by atoms with Crippen LogP contribution in [-0.4, -0.2) is 60.5 Å². The van der Waals surface area contributed by atoms with Crippen molar-refractivity contribution in [3.05, 3.63) is 11.8 Å². The zero-order valence-corrected chi connectivity index (χ0v) is 8.04. The number of nitrogens with zero attached hydrogens (tertiary/aromatic N) is 4. The van der Waals surface area contributed by atoms with Gasteiger partial charge in [0.05, 0.1) is 0 Å². The van der Waals surface area contributed by atoms with Gasteiger partial charge in [-0.2, -0.15) is 9.50 Å². The molecule has 2 aromatic heterocycles. The number of rotatable bonds is 1. The second kappa shape index (κ2) is 4.48. The van der Waals surface area contributed by atoms with Crippen LogP contribution in [-0.2, 0) is 0 Å². The molecule has 0 saturated carbocycles. The van der Waals surface area contributed by atoms with Crippen LogP contribution in [0, 0.1) is 6.92 Å². The minimum atomic E-state index is 0. The number of aromatic nitrogens is 4. The van der Waals surface area contributed by atoms with Crippen molar-refractivity contribution in [2.24, 2.45) is 0 Å². The minimum absolute atomic E-state index is 0. The van der Waals surface area contributed by atoms with Crippen LogP contribution in [0.3, 0.4) is 0 Å². The fourth-order valence-corrected chi connectivity index (χ4v) is 1.37. The molecule has 0 aromatic carbocycles. The molecule has 0 saturated heterocycles. The van der Waals surface area contributed by atoms with Gasteiger partial charge in [0, 0.05) is 11.8 Å². The molecule has 0 bridgehead atoms. The Morgan fingerprint density at radius 2 is 2.14 bits per heavy atom. The Morgan fingerprint density at radius 3 is 2.79 bits per heavy atom. The van der Waals surface area contributed by atoms with Crippen molar-refractivity contribution in [2.75, 3.05) is 6.26 Å². The molecule has 0 spiro atoms. The van der Waals surface area contributed by atoms with Gasteiger partial charge >= 0.3 is 29.6 Å². The maximum atomic E-state index is 9.47. The van der Waals surface area contributed by atoms with Crippen LogP contribution in [0.2, 0.25) is 0 Å². The summed E-state index contributed by atoms with van der Waals surface area (Å²) in [6.07, 6.45) is 1.87. The summed E-state index contributed by atoms with van der Waals surface area (Å²) in [5.74, 6) is 0.497. The fraction of sp³-hybridized carbons (Fsp3) is 0.286. The molecule has 0 fully saturated rings. The molecule has 0 atom stereocenters. The Balaban J connectivity index is 0.000000980. The quantitative estimate of drug-likeness (QED) is 0.550. The van der Waals surface area contributed by atoms with Crippen molar-refractivity contribution >= 4 is 47.1 Å². The first kappa shape index (κ1) is 11.8. The van der Waals surface area contributed by atoms with E-state index in [9.17, 15) is 5.11 Å². The molecular weight excluding hydrogens is 211 g/mol. The third kappa shape index (κ3) is 2.03. The van der Waals surface area contributed by atoms with Crippen LogP contribution in [0.15, 0.2) is 11.2 Å². The van der Waals surface area contributed by atoms with Crippen LogP contribution >= 0.6 is 11.8 Å². The van der Waals surface area contributed by atoms with Crippen molar-refractivity contribution in [2.45, 2.75) is 12.1 Å². The van der Waals surface area contributed by atoms with E-state index in [4.69, 9.17) is 0 Å². The van der Waals surface area contributed by atoms with Crippen molar-refractivity contribution < 1.29 is 5.11 Å². The van der Waals surface area contributed by atoms with Gasteiger partial charge < -0.3 is 5.11 Å². The van der Waals surface area contributed by atoms with Gasteiger partial charge in [-0.1, -0.05) is 11.8 Å². The number of thioether (sulfide) groups is 1. The predicted octanol–water partition coefficient (Wildman–Crippen LogP) is 0.212. The number of hydrogen-bond acceptors (Lipinski definition) is 5. The fourth-order valence-electron chi connectivity index (χ4n) is 1.04. The monoisotopic (exact) mass is 220 g/mol. The van der Waals surface area contributed by atoms with E-state index in [1.807, 2.05) is 6.26 Å². The predicted molar refractivity (Wildman–Crippen MR) is 56.1 cm³/mol. The summed E-state index contributed by atoms with van der Waals surface area (Å²) >= 11 is 1.41. The summed E-state index contributed by atoms with van der Waals surface area (Å²) in [5, 5.41) is 14.1. The molecule has 5 nitrogen and oxygen atoms in total. The Bertz CT molecular complexity index is 458.